The smallest absolute Gasteiger partial charge is 0.217 e. The first-order valence-corrected chi connectivity index (χ1v) is 11.3. The molecule has 0 radical (unpaired) electrons. The van der Waals surface area contributed by atoms with E-state index in [1.54, 1.807) is 7.11 Å². The number of epoxide rings is 1. The van der Waals surface area contributed by atoms with E-state index < -0.39 is 0 Å². The number of ether oxygens (including phenoxy) is 3. The van der Waals surface area contributed by atoms with Crippen molar-refractivity contribution in [1.29, 1.82) is 0 Å². The number of rotatable bonds is 4. The zero-order chi connectivity index (χ0) is 19.2. The van der Waals surface area contributed by atoms with Crippen LogP contribution in [0.25, 0.3) is 0 Å². The number of benzene rings is 1. The lowest BCUT2D eigenvalue weighted by molar-refractivity contribution is 0.118. The molecule has 2 fully saturated rings. The van der Waals surface area contributed by atoms with Gasteiger partial charge in [0, 0.05) is 7.11 Å². The fraction of sp³-hybridized carbons (Fsp3) is 0.708. The normalized spacial score (nSPS) is 30.8. The predicted octanol–water partition coefficient (Wildman–Crippen LogP) is 5.61. The Balaban J connectivity index is 1.43. The summed E-state index contributed by atoms with van der Waals surface area (Å²) < 4.78 is 18.2. The topological polar surface area (TPSA) is 43.3 Å². The van der Waals surface area contributed by atoms with E-state index in [-0.39, 0.29) is 23.9 Å². The first-order chi connectivity index (χ1) is 13.8. The molecule has 1 aromatic carbocycles. The van der Waals surface area contributed by atoms with E-state index in [4.69, 9.17) is 19.2 Å². The van der Waals surface area contributed by atoms with Crippen LogP contribution in [-0.4, -0.2) is 37.4 Å². The van der Waals surface area contributed by atoms with Gasteiger partial charge in [-0.1, -0.05) is 88.1 Å². The summed E-state index contributed by atoms with van der Waals surface area (Å²) in [6, 6.07) is 10.4. The second-order valence-electron chi connectivity index (χ2n) is 8.68. The summed E-state index contributed by atoms with van der Waals surface area (Å²) in [5, 5.41) is 0. The maximum atomic E-state index is 6.38. The molecule has 0 amide bonds. The fourth-order valence-corrected chi connectivity index (χ4v) is 4.90. The van der Waals surface area contributed by atoms with Crippen molar-refractivity contribution >= 4 is 5.90 Å². The van der Waals surface area contributed by atoms with E-state index in [1.165, 1.54) is 57.8 Å². The summed E-state index contributed by atoms with van der Waals surface area (Å²) in [7, 11) is 1.73. The van der Waals surface area contributed by atoms with Crippen LogP contribution >= 0.6 is 0 Å². The maximum absolute atomic E-state index is 6.38. The summed E-state index contributed by atoms with van der Waals surface area (Å²) in [6.07, 6.45) is 14.4. The van der Waals surface area contributed by atoms with Crippen LogP contribution in [-0.2, 0) is 14.2 Å². The van der Waals surface area contributed by atoms with Gasteiger partial charge in [0.05, 0.1) is 6.61 Å². The van der Waals surface area contributed by atoms with Gasteiger partial charge in [-0.25, -0.2) is 4.99 Å². The largest absolute Gasteiger partial charge is 0.468 e. The second-order valence-corrected chi connectivity index (χ2v) is 8.68. The molecule has 4 rings (SSSR count). The highest BCUT2D eigenvalue weighted by atomic mass is 16.6. The van der Waals surface area contributed by atoms with Gasteiger partial charge in [-0.3, -0.25) is 0 Å². The SMILES string of the molecule is COC[C@@H]1N=C([C@H]2OC23CCCCCCCCCCC3)O[C@H]1c1ccccc1. The molecule has 3 atom stereocenters. The lowest BCUT2D eigenvalue weighted by Gasteiger charge is -2.18. The minimum Gasteiger partial charge on any atom is -0.468 e. The highest BCUT2D eigenvalue weighted by Crippen LogP contribution is 2.49. The van der Waals surface area contributed by atoms with Crippen LogP contribution in [0.1, 0.15) is 82.3 Å². The fourth-order valence-electron chi connectivity index (χ4n) is 4.90. The molecule has 3 aliphatic rings. The molecule has 1 aromatic rings. The van der Waals surface area contributed by atoms with Crippen LogP contribution in [0.15, 0.2) is 35.3 Å². The number of methoxy groups -OCH3 is 1. The van der Waals surface area contributed by atoms with E-state index in [2.05, 4.69) is 24.3 Å². The number of aliphatic imine (C=N–C) groups is 1. The van der Waals surface area contributed by atoms with Crippen LogP contribution in [0.4, 0.5) is 0 Å². The molecule has 0 unspecified atom stereocenters. The lowest BCUT2D eigenvalue weighted by Crippen LogP contribution is -2.22. The zero-order valence-corrected chi connectivity index (χ0v) is 17.3. The molecular weight excluding hydrogens is 350 g/mol. The van der Waals surface area contributed by atoms with Crippen LogP contribution in [0.3, 0.4) is 0 Å². The minimum atomic E-state index is -0.0661. The molecule has 1 saturated carbocycles. The van der Waals surface area contributed by atoms with Crippen molar-refractivity contribution in [3.63, 3.8) is 0 Å². The first kappa shape index (κ1) is 19.9. The maximum Gasteiger partial charge on any atom is 0.217 e. The molecule has 0 N–H and O–H groups in total. The van der Waals surface area contributed by atoms with Crippen molar-refractivity contribution in [3.8, 4) is 0 Å². The summed E-state index contributed by atoms with van der Waals surface area (Å²) >= 11 is 0. The van der Waals surface area contributed by atoms with Crippen LogP contribution in [0.2, 0.25) is 0 Å². The minimum absolute atomic E-state index is 0.00916. The van der Waals surface area contributed by atoms with Crippen molar-refractivity contribution < 1.29 is 14.2 Å². The zero-order valence-electron chi connectivity index (χ0n) is 17.3. The lowest BCUT2D eigenvalue weighted by atomic mass is 9.90. The molecule has 4 heteroatoms. The van der Waals surface area contributed by atoms with E-state index in [9.17, 15) is 0 Å². The van der Waals surface area contributed by atoms with Crippen LogP contribution in [0.5, 0.6) is 0 Å². The molecule has 0 bridgehead atoms. The number of hydrogen-bond donors (Lipinski definition) is 0. The van der Waals surface area contributed by atoms with Crippen LogP contribution in [0, 0.1) is 0 Å². The van der Waals surface area contributed by atoms with E-state index in [0.717, 1.165) is 24.3 Å². The quantitative estimate of drug-likeness (QED) is 0.632. The average Bonchev–Trinajstić information content (AvgIpc) is 3.27. The van der Waals surface area contributed by atoms with Crippen molar-refractivity contribution in [2.75, 3.05) is 13.7 Å². The van der Waals surface area contributed by atoms with E-state index in [1.807, 2.05) is 6.07 Å². The van der Waals surface area contributed by atoms with Gasteiger partial charge in [0.2, 0.25) is 5.90 Å². The summed E-state index contributed by atoms with van der Waals surface area (Å²) in [4.78, 5) is 4.92. The van der Waals surface area contributed by atoms with Gasteiger partial charge in [-0.05, 0) is 18.4 Å². The van der Waals surface area contributed by atoms with Crippen molar-refractivity contribution in [1.82, 2.24) is 0 Å². The summed E-state index contributed by atoms with van der Waals surface area (Å²) in [6.45, 7) is 0.572. The van der Waals surface area contributed by atoms with Gasteiger partial charge in [-0.15, -0.1) is 0 Å². The molecule has 2 heterocycles. The second kappa shape index (κ2) is 9.41. The molecule has 0 aromatic heterocycles. The molecule has 4 nitrogen and oxygen atoms in total. The Hall–Kier alpha value is -1.39. The Bertz CT molecular complexity index is 633. The van der Waals surface area contributed by atoms with Gasteiger partial charge in [0.1, 0.15) is 17.7 Å². The molecule has 1 spiro atoms. The monoisotopic (exact) mass is 385 g/mol. The Morgan fingerprint density at radius 3 is 2.14 bits per heavy atom. The highest BCUT2D eigenvalue weighted by Gasteiger charge is 2.60. The van der Waals surface area contributed by atoms with Gasteiger partial charge in [0.15, 0.2) is 6.10 Å². The van der Waals surface area contributed by atoms with Crippen molar-refractivity contribution in [3.05, 3.63) is 35.9 Å². The van der Waals surface area contributed by atoms with Gasteiger partial charge >= 0.3 is 0 Å². The molecule has 28 heavy (non-hydrogen) atoms. The third-order valence-electron chi connectivity index (χ3n) is 6.55. The van der Waals surface area contributed by atoms with E-state index >= 15 is 0 Å². The summed E-state index contributed by atoms with van der Waals surface area (Å²) in [5.74, 6) is 0.808. The van der Waals surface area contributed by atoms with Gasteiger partial charge in [0.25, 0.3) is 0 Å². The molecule has 154 valence electrons. The van der Waals surface area contributed by atoms with Gasteiger partial charge < -0.3 is 14.2 Å². The van der Waals surface area contributed by atoms with Crippen molar-refractivity contribution in [2.24, 2.45) is 4.99 Å². The van der Waals surface area contributed by atoms with Crippen molar-refractivity contribution in [2.45, 2.75) is 94.5 Å². The molecule has 2 aliphatic heterocycles. The van der Waals surface area contributed by atoms with E-state index in [0.29, 0.717) is 6.61 Å². The van der Waals surface area contributed by atoms with Crippen LogP contribution < -0.4 is 0 Å². The summed E-state index contributed by atoms with van der Waals surface area (Å²) in [5.41, 5.74) is 1.14. The Kier molecular flexibility index (Phi) is 6.69. The molecule has 1 saturated heterocycles. The third kappa shape index (κ3) is 4.60. The Morgan fingerprint density at radius 2 is 1.54 bits per heavy atom. The standard InChI is InChI=1S/C24H35NO3/c1-26-18-20-21(19-14-10-9-11-15-19)27-23(25-20)22-24(28-22)16-12-7-5-3-2-4-6-8-13-17-24/h9-11,14-15,20-22H,2-8,12-13,16-18H2,1H3/t20-,21-,22+/m0/s1. The average molecular weight is 386 g/mol. The number of hydrogen-bond acceptors (Lipinski definition) is 4. The molecular formula is C24H35NO3. The van der Waals surface area contributed by atoms with Gasteiger partial charge in [-0.2, -0.15) is 0 Å². The Morgan fingerprint density at radius 1 is 0.929 bits per heavy atom. The first-order valence-electron chi connectivity index (χ1n) is 11.3. The number of nitrogens with zero attached hydrogens (tertiary/aromatic N) is 1. The third-order valence-corrected chi connectivity index (χ3v) is 6.55. The predicted molar refractivity (Wildman–Crippen MR) is 112 cm³/mol. The Labute approximate surface area is 169 Å². The molecule has 1 aliphatic carbocycles. The highest BCUT2D eigenvalue weighted by molar-refractivity contribution is 5.86.